The lowest BCUT2D eigenvalue weighted by Crippen LogP contribution is -2.26. The Morgan fingerprint density at radius 2 is 2.11 bits per heavy atom. The number of halogens is 2. The summed E-state index contributed by atoms with van der Waals surface area (Å²) in [5.41, 5.74) is -1.62. The molecule has 0 bridgehead atoms. The van der Waals surface area contributed by atoms with Gasteiger partial charge in [0.05, 0.1) is 10.3 Å². The van der Waals surface area contributed by atoms with E-state index >= 15 is 0 Å². The Bertz CT molecular complexity index is 516. The molecule has 0 radical (unpaired) electrons. The van der Waals surface area contributed by atoms with Gasteiger partial charge in [0.15, 0.2) is 0 Å². The summed E-state index contributed by atoms with van der Waals surface area (Å²) in [6, 6.07) is 1.80. The predicted molar refractivity (Wildman–Crippen MR) is 63.2 cm³/mol. The van der Waals surface area contributed by atoms with Crippen LogP contribution in [0.5, 0.6) is 0 Å². The zero-order chi connectivity index (χ0) is 14.1. The maximum Gasteiger partial charge on any atom is 0.309 e. The summed E-state index contributed by atoms with van der Waals surface area (Å²) in [7, 11) is 0. The Morgan fingerprint density at radius 1 is 1.56 bits per heavy atom. The van der Waals surface area contributed by atoms with E-state index in [0.29, 0.717) is 0 Å². The van der Waals surface area contributed by atoms with Crippen molar-refractivity contribution in [2.45, 2.75) is 20.3 Å². The zero-order valence-corrected chi connectivity index (χ0v) is 10.5. The first-order valence-electron chi connectivity index (χ1n) is 5.01. The number of rotatable bonds is 4. The van der Waals surface area contributed by atoms with Crippen molar-refractivity contribution >= 4 is 23.3 Å². The van der Waals surface area contributed by atoms with Crippen molar-refractivity contribution in [3.63, 3.8) is 0 Å². The van der Waals surface area contributed by atoms with Crippen LogP contribution in [-0.2, 0) is 11.2 Å². The Morgan fingerprint density at radius 3 is 2.56 bits per heavy atom. The molecule has 7 heteroatoms. The Labute approximate surface area is 107 Å². The second kappa shape index (κ2) is 4.89. The Kier molecular flexibility index (Phi) is 3.91. The number of nitro groups is 1. The first-order valence-corrected chi connectivity index (χ1v) is 5.38. The van der Waals surface area contributed by atoms with E-state index in [1.807, 2.05) is 0 Å². The third kappa shape index (κ3) is 2.95. The number of carboxylic acids is 1. The van der Waals surface area contributed by atoms with Crippen molar-refractivity contribution in [3.8, 4) is 0 Å². The van der Waals surface area contributed by atoms with E-state index in [1.54, 1.807) is 0 Å². The smallest absolute Gasteiger partial charge is 0.309 e. The van der Waals surface area contributed by atoms with Crippen LogP contribution >= 0.6 is 11.6 Å². The van der Waals surface area contributed by atoms with Crippen LogP contribution in [0.4, 0.5) is 10.1 Å². The van der Waals surface area contributed by atoms with Gasteiger partial charge in [-0.15, -0.1) is 0 Å². The highest BCUT2D eigenvalue weighted by atomic mass is 35.5. The van der Waals surface area contributed by atoms with Gasteiger partial charge in [0, 0.05) is 11.1 Å². The monoisotopic (exact) mass is 275 g/mol. The Balaban J connectivity index is 3.22. The molecule has 0 aliphatic rings. The number of carbonyl (C=O) groups is 1. The SMILES string of the molecule is CC(C)(Cc1cc([N+](=O)[O-])c(F)cc1Cl)C(=O)O. The maximum absolute atomic E-state index is 13.2. The van der Waals surface area contributed by atoms with E-state index in [-0.39, 0.29) is 17.0 Å². The molecule has 18 heavy (non-hydrogen) atoms. The van der Waals surface area contributed by atoms with Gasteiger partial charge >= 0.3 is 11.7 Å². The summed E-state index contributed by atoms with van der Waals surface area (Å²) >= 11 is 5.76. The highest BCUT2D eigenvalue weighted by molar-refractivity contribution is 6.31. The third-order valence-electron chi connectivity index (χ3n) is 2.52. The van der Waals surface area contributed by atoms with Gasteiger partial charge in [-0.25, -0.2) is 0 Å². The molecule has 0 spiro atoms. The van der Waals surface area contributed by atoms with E-state index in [4.69, 9.17) is 16.7 Å². The molecule has 1 aromatic carbocycles. The lowest BCUT2D eigenvalue weighted by molar-refractivity contribution is -0.387. The first-order chi connectivity index (χ1) is 8.15. The number of nitrogens with zero attached hydrogens (tertiary/aromatic N) is 1. The topological polar surface area (TPSA) is 80.4 Å². The predicted octanol–water partition coefficient (Wildman–Crippen LogP) is 3.04. The summed E-state index contributed by atoms with van der Waals surface area (Å²) in [4.78, 5) is 20.7. The van der Waals surface area contributed by atoms with Crippen LogP contribution < -0.4 is 0 Å². The number of benzene rings is 1. The zero-order valence-electron chi connectivity index (χ0n) is 9.74. The minimum absolute atomic E-state index is 0.0209. The van der Waals surface area contributed by atoms with Gasteiger partial charge in [-0.1, -0.05) is 11.6 Å². The van der Waals surface area contributed by atoms with Crippen molar-refractivity contribution in [1.29, 1.82) is 0 Å². The van der Waals surface area contributed by atoms with E-state index in [0.717, 1.165) is 12.1 Å². The van der Waals surface area contributed by atoms with Crippen molar-refractivity contribution in [2.24, 2.45) is 5.41 Å². The fourth-order valence-electron chi connectivity index (χ4n) is 1.41. The number of hydrogen-bond acceptors (Lipinski definition) is 3. The summed E-state index contributed by atoms with van der Waals surface area (Å²) in [5.74, 6) is -2.10. The molecule has 1 N–H and O–H groups in total. The maximum atomic E-state index is 13.2. The van der Waals surface area contributed by atoms with Gasteiger partial charge in [0.25, 0.3) is 0 Å². The van der Waals surface area contributed by atoms with Crippen LogP contribution in [0.2, 0.25) is 5.02 Å². The average molecular weight is 276 g/mol. The normalized spacial score (nSPS) is 11.3. The molecular weight excluding hydrogens is 265 g/mol. The lowest BCUT2D eigenvalue weighted by atomic mass is 9.86. The molecule has 0 aromatic heterocycles. The van der Waals surface area contributed by atoms with Crippen LogP contribution in [0.25, 0.3) is 0 Å². The molecule has 1 rings (SSSR count). The molecule has 0 unspecified atom stereocenters. The summed E-state index contributed by atoms with van der Waals surface area (Å²) < 4.78 is 13.2. The van der Waals surface area contributed by atoms with Gasteiger partial charge in [0.1, 0.15) is 0 Å². The molecule has 0 amide bonds. The third-order valence-corrected chi connectivity index (χ3v) is 2.88. The van der Waals surface area contributed by atoms with Crippen molar-refractivity contribution in [1.82, 2.24) is 0 Å². The average Bonchev–Trinajstić information content (AvgIpc) is 2.21. The Hall–Kier alpha value is -1.69. The van der Waals surface area contributed by atoms with E-state index in [1.165, 1.54) is 13.8 Å². The van der Waals surface area contributed by atoms with Crippen LogP contribution in [0, 0.1) is 21.3 Å². The van der Waals surface area contributed by atoms with E-state index in [9.17, 15) is 19.3 Å². The standard InChI is InChI=1S/C11H11ClFNO4/c1-11(2,10(15)16)5-6-3-9(14(17)18)8(13)4-7(6)12/h3-4H,5H2,1-2H3,(H,15,16). The summed E-state index contributed by atoms with van der Waals surface area (Å²) in [5, 5.41) is 19.5. The van der Waals surface area contributed by atoms with Crippen LogP contribution in [0.15, 0.2) is 12.1 Å². The number of aliphatic carboxylic acids is 1. The van der Waals surface area contributed by atoms with E-state index < -0.39 is 27.8 Å². The number of nitro benzene ring substituents is 1. The van der Waals surface area contributed by atoms with E-state index in [2.05, 4.69) is 0 Å². The second-order valence-electron chi connectivity index (χ2n) is 4.52. The minimum atomic E-state index is -1.14. The first kappa shape index (κ1) is 14.4. The van der Waals surface area contributed by atoms with Gasteiger partial charge in [0.2, 0.25) is 5.82 Å². The number of carboxylic acid groups (broad SMARTS) is 1. The molecule has 0 heterocycles. The summed E-state index contributed by atoms with van der Waals surface area (Å²) in [6.07, 6.45) is -0.0255. The molecule has 0 fully saturated rings. The van der Waals surface area contributed by atoms with Crippen LogP contribution in [-0.4, -0.2) is 16.0 Å². The molecule has 0 atom stereocenters. The molecule has 5 nitrogen and oxygen atoms in total. The molecule has 1 aromatic rings. The molecule has 0 saturated heterocycles. The molecule has 0 aliphatic heterocycles. The van der Waals surface area contributed by atoms with Gasteiger partial charge in [-0.05, 0) is 31.9 Å². The van der Waals surface area contributed by atoms with Gasteiger partial charge < -0.3 is 5.11 Å². The van der Waals surface area contributed by atoms with Gasteiger partial charge in [-0.3, -0.25) is 14.9 Å². The van der Waals surface area contributed by atoms with Crippen LogP contribution in [0.1, 0.15) is 19.4 Å². The molecule has 0 aliphatic carbocycles. The fraction of sp³-hybridized carbons (Fsp3) is 0.364. The fourth-order valence-corrected chi connectivity index (χ4v) is 1.63. The quantitative estimate of drug-likeness (QED) is 0.676. The highest BCUT2D eigenvalue weighted by Gasteiger charge is 2.29. The minimum Gasteiger partial charge on any atom is -0.481 e. The molecule has 98 valence electrons. The summed E-state index contributed by atoms with van der Waals surface area (Å²) in [6.45, 7) is 2.92. The number of hydrogen-bond donors (Lipinski definition) is 1. The van der Waals surface area contributed by atoms with Crippen molar-refractivity contribution in [3.05, 3.63) is 38.7 Å². The van der Waals surface area contributed by atoms with Gasteiger partial charge in [-0.2, -0.15) is 4.39 Å². The lowest BCUT2D eigenvalue weighted by Gasteiger charge is -2.19. The largest absolute Gasteiger partial charge is 0.481 e. The molecule has 0 saturated carbocycles. The highest BCUT2D eigenvalue weighted by Crippen LogP contribution is 2.31. The van der Waals surface area contributed by atoms with Crippen molar-refractivity contribution < 1.29 is 19.2 Å². The second-order valence-corrected chi connectivity index (χ2v) is 4.93. The molecular formula is C11H11ClFNO4. The van der Waals surface area contributed by atoms with Crippen molar-refractivity contribution in [2.75, 3.05) is 0 Å². The van der Waals surface area contributed by atoms with Crippen LogP contribution in [0.3, 0.4) is 0 Å².